The molecular weight excluding hydrogens is 498 g/mol. The van der Waals surface area contributed by atoms with Crippen LogP contribution in [0.5, 0.6) is 0 Å². The number of imide groups is 1. The van der Waals surface area contributed by atoms with Crippen LogP contribution >= 0.6 is 23.4 Å². The molecule has 180 valence electrons. The number of alkyl halides is 1. The number of nitro benzene ring substituents is 1. The van der Waals surface area contributed by atoms with Gasteiger partial charge in [0, 0.05) is 17.9 Å². The van der Waals surface area contributed by atoms with E-state index in [1.165, 1.54) is 40.9 Å². The Morgan fingerprint density at radius 2 is 1.74 bits per heavy atom. The Morgan fingerprint density at radius 1 is 1.14 bits per heavy atom. The molecule has 0 radical (unpaired) electrons. The molecule has 2 fully saturated rings. The summed E-state index contributed by atoms with van der Waals surface area (Å²) in [6, 6.07) is 9.74. The maximum absolute atomic E-state index is 13.2. The monoisotopic (exact) mass is 515 g/mol. The minimum Gasteiger partial charge on any atom is -0.459 e. The number of hydrogen-bond acceptors (Lipinski definition) is 8. The minimum atomic E-state index is -1.14. The number of β-lactam (4-membered cyclic amide) rings is 1. The van der Waals surface area contributed by atoms with E-state index in [-0.39, 0.29) is 29.2 Å². The average Bonchev–Trinajstić information content (AvgIpc) is 3.08. The normalized spacial score (nSPS) is 27.3. The smallest absolute Gasteiger partial charge is 0.331 e. The van der Waals surface area contributed by atoms with Crippen molar-refractivity contribution in [3.8, 4) is 0 Å². The van der Waals surface area contributed by atoms with Gasteiger partial charge in [0.25, 0.3) is 23.4 Å². The topological polar surface area (TPSA) is 127 Å². The molecule has 4 atom stereocenters. The van der Waals surface area contributed by atoms with E-state index in [1.807, 2.05) is 0 Å². The summed E-state index contributed by atoms with van der Waals surface area (Å²) in [5, 5.41) is 10.2. The average molecular weight is 516 g/mol. The van der Waals surface area contributed by atoms with Gasteiger partial charge in [-0.2, -0.15) is 0 Å². The Morgan fingerprint density at radius 3 is 2.31 bits per heavy atom. The molecule has 3 aliphatic rings. The number of ether oxygens (including phenoxy) is 1. The van der Waals surface area contributed by atoms with Crippen LogP contribution < -0.4 is 0 Å². The van der Waals surface area contributed by atoms with Gasteiger partial charge in [0.2, 0.25) is 0 Å². The first kappa shape index (κ1) is 23.3. The number of carbonyl (C=O) groups excluding carboxylic acids is 4. The molecule has 0 bridgehead atoms. The van der Waals surface area contributed by atoms with Gasteiger partial charge in [-0.1, -0.05) is 12.1 Å². The van der Waals surface area contributed by atoms with E-state index in [4.69, 9.17) is 16.3 Å². The SMILES string of the molecule is C[C@@]1(Cl)CS[C@H]2C(N3C(=O)c4ccccc4C3=O)C(=O)N2C1C(=O)OCc1ccc([N+](=O)[O-])cc1. The van der Waals surface area contributed by atoms with Gasteiger partial charge in [-0.25, -0.2) is 4.79 Å². The van der Waals surface area contributed by atoms with Crippen molar-refractivity contribution in [3.63, 3.8) is 0 Å². The largest absolute Gasteiger partial charge is 0.459 e. The lowest BCUT2D eigenvalue weighted by Gasteiger charge is -2.57. The van der Waals surface area contributed by atoms with Gasteiger partial charge in [0.05, 0.1) is 20.9 Å². The molecular formula is C23H18ClN3O7S. The highest BCUT2D eigenvalue weighted by molar-refractivity contribution is 8.00. The van der Waals surface area contributed by atoms with Gasteiger partial charge in [-0.15, -0.1) is 23.4 Å². The van der Waals surface area contributed by atoms with Crippen LogP contribution in [0.2, 0.25) is 0 Å². The van der Waals surface area contributed by atoms with E-state index in [2.05, 4.69) is 0 Å². The number of esters is 1. The summed E-state index contributed by atoms with van der Waals surface area (Å²) in [4.78, 5) is 63.5. The van der Waals surface area contributed by atoms with Crippen LogP contribution in [-0.4, -0.2) is 66.5 Å². The first-order valence-corrected chi connectivity index (χ1v) is 12.0. The van der Waals surface area contributed by atoms with E-state index in [0.29, 0.717) is 5.56 Å². The molecule has 0 saturated carbocycles. The summed E-state index contributed by atoms with van der Waals surface area (Å²) >= 11 is 7.93. The Bertz CT molecular complexity index is 1250. The third-order valence-corrected chi connectivity index (χ3v) is 8.38. The molecule has 3 amide bonds. The number of fused-ring (bicyclic) bond motifs is 2. The van der Waals surface area contributed by atoms with Crippen molar-refractivity contribution in [1.82, 2.24) is 9.80 Å². The van der Waals surface area contributed by atoms with Gasteiger partial charge in [0.1, 0.15) is 18.0 Å². The molecule has 0 N–H and O–H groups in total. The van der Waals surface area contributed by atoms with E-state index in [0.717, 1.165) is 4.90 Å². The van der Waals surface area contributed by atoms with Crippen LogP contribution in [-0.2, 0) is 20.9 Å². The van der Waals surface area contributed by atoms with Crippen molar-refractivity contribution in [3.05, 3.63) is 75.3 Å². The fourth-order valence-corrected chi connectivity index (χ4v) is 6.38. The highest BCUT2D eigenvalue weighted by Gasteiger charge is 2.65. The number of amides is 3. The number of nitrogens with zero attached hydrogens (tertiary/aromatic N) is 3. The Kier molecular flexibility index (Phi) is 5.56. The molecule has 3 heterocycles. The number of thioether (sulfide) groups is 1. The van der Waals surface area contributed by atoms with E-state index in [1.54, 1.807) is 31.2 Å². The van der Waals surface area contributed by atoms with Crippen LogP contribution in [0.1, 0.15) is 33.2 Å². The lowest BCUT2D eigenvalue weighted by atomic mass is 9.93. The zero-order chi connectivity index (χ0) is 25.1. The zero-order valence-corrected chi connectivity index (χ0v) is 19.8. The highest BCUT2D eigenvalue weighted by Crippen LogP contribution is 2.48. The molecule has 2 aromatic rings. The van der Waals surface area contributed by atoms with Gasteiger partial charge in [-0.05, 0) is 36.8 Å². The standard InChI is InChI=1S/C23H18ClN3O7S/c1-23(24)11-35-21-16(25-18(28)14-4-2-3-5-15(14)19(25)29)20(30)26(21)17(23)22(31)34-10-12-6-8-13(9-7-12)27(32)33/h2-9,16-17,21H,10-11H2,1H3/t16?,17?,21-,23+/m0/s1. The summed E-state index contributed by atoms with van der Waals surface area (Å²) < 4.78 is 5.41. The number of benzene rings is 2. The molecule has 2 aromatic carbocycles. The summed E-state index contributed by atoms with van der Waals surface area (Å²) in [5.74, 6) is -2.09. The summed E-state index contributed by atoms with van der Waals surface area (Å²) in [6.45, 7) is 1.46. The number of nitro groups is 1. The molecule has 5 rings (SSSR count). The third-order valence-electron chi connectivity index (χ3n) is 6.29. The van der Waals surface area contributed by atoms with Crippen molar-refractivity contribution in [2.24, 2.45) is 0 Å². The van der Waals surface area contributed by atoms with E-state index in [9.17, 15) is 29.3 Å². The van der Waals surface area contributed by atoms with Crippen molar-refractivity contribution < 1.29 is 28.8 Å². The number of rotatable bonds is 5. The maximum atomic E-state index is 13.2. The summed E-state index contributed by atoms with van der Waals surface area (Å²) in [7, 11) is 0. The number of carbonyl (C=O) groups is 4. The Labute approximate surface area is 208 Å². The number of non-ortho nitro benzene ring substituents is 1. The first-order chi connectivity index (χ1) is 16.6. The zero-order valence-electron chi connectivity index (χ0n) is 18.3. The minimum absolute atomic E-state index is 0.0917. The maximum Gasteiger partial charge on any atom is 0.331 e. The number of halogens is 1. The molecule has 3 aliphatic heterocycles. The second-order valence-corrected chi connectivity index (χ2v) is 10.6. The van der Waals surface area contributed by atoms with Crippen LogP contribution in [0.15, 0.2) is 48.5 Å². The second-order valence-electron chi connectivity index (χ2n) is 8.63. The van der Waals surface area contributed by atoms with Crippen molar-refractivity contribution in [2.75, 3.05) is 5.75 Å². The van der Waals surface area contributed by atoms with Gasteiger partial charge < -0.3 is 9.64 Å². The lowest BCUT2D eigenvalue weighted by molar-refractivity contribution is -0.384. The van der Waals surface area contributed by atoms with E-state index < -0.39 is 50.9 Å². The fourth-order valence-electron chi connectivity index (χ4n) is 4.54. The first-order valence-electron chi connectivity index (χ1n) is 10.6. The summed E-state index contributed by atoms with van der Waals surface area (Å²) in [6.07, 6.45) is 0. The van der Waals surface area contributed by atoms with Crippen molar-refractivity contribution in [2.45, 2.75) is 35.9 Å². The second kappa shape index (κ2) is 8.35. The van der Waals surface area contributed by atoms with Crippen molar-refractivity contribution >= 4 is 52.7 Å². The van der Waals surface area contributed by atoms with Gasteiger partial charge in [-0.3, -0.25) is 29.4 Å². The molecule has 35 heavy (non-hydrogen) atoms. The Balaban J connectivity index is 1.33. The van der Waals surface area contributed by atoms with Crippen LogP contribution in [0, 0.1) is 10.1 Å². The van der Waals surface area contributed by atoms with Gasteiger partial charge in [0.15, 0.2) is 6.04 Å². The summed E-state index contributed by atoms with van der Waals surface area (Å²) in [5.41, 5.74) is 0.920. The molecule has 2 unspecified atom stereocenters. The number of hydrogen-bond donors (Lipinski definition) is 0. The predicted octanol–water partition coefficient (Wildman–Crippen LogP) is 2.58. The predicted molar refractivity (Wildman–Crippen MR) is 125 cm³/mol. The van der Waals surface area contributed by atoms with Crippen LogP contribution in [0.25, 0.3) is 0 Å². The molecule has 12 heteroatoms. The molecule has 10 nitrogen and oxygen atoms in total. The lowest BCUT2D eigenvalue weighted by Crippen LogP contribution is -2.78. The van der Waals surface area contributed by atoms with Crippen LogP contribution in [0.3, 0.4) is 0 Å². The molecule has 2 saturated heterocycles. The van der Waals surface area contributed by atoms with E-state index >= 15 is 0 Å². The Hall–Kier alpha value is -3.44. The van der Waals surface area contributed by atoms with Gasteiger partial charge >= 0.3 is 5.97 Å². The van der Waals surface area contributed by atoms with Crippen molar-refractivity contribution in [1.29, 1.82) is 0 Å². The molecule has 0 aromatic heterocycles. The highest BCUT2D eigenvalue weighted by atomic mass is 35.5. The third kappa shape index (κ3) is 3.66. The van der Waals surface area contributed by atoms with Crippen LogP contribution in [0.4, 0.5) is 5.69 Å². The molecule has 0 spiro atoms. The fraction of sp³-hybridized carbons (Fsp3) is 0.304. The molecule has 0 aliphatic carbocycles. The quantitative estimate of drug-likeness (QED) is 0.148.